The Kier molecular flexibility index (Phi) is 4.10. The van der Waals surface area contributed by atoms with Crippen LogP contribution >= 0.6 is 0 Å². The van der Waals surface area contributed by atoms with Gasteiger partial charge in [0.05, 0.1) is 22.1 Å². The largest absolute Gasteiger partial charge is 0.326 e. The van der Waals surface area contributed by atoms with Crippen molar-refractivity contribution in [2.45, 2.75) is 6.54 Å². The summed E-state index contributed by atoms with van der Waals surface area (Å²) in [6.07, 6.45) is 0. The van der Waals surface area contributed by atoms with Crippen molar-refractivity contribution in [1.29, 1.82) is 0 Å². The number of pyridine rings is 1. The molecule has 3 aromatic heterocycles. The van der Waals surface area contributed by atoms with Crippen LogP contribution in [0.4, 0.5) is 0 Å². The molecule has 4 heteroatoms. The van der Waals surface area contributed by atoms with E-state index in [1.54, 1.807) is 0 Å². The van der Waals surface area contributed by atoms with Gasteiger partial charge in [0.2, 0.25) is 0 Å². The van der Waals surface area contributed by atoms with E-state index in [1.165, 1.54) is 5.39 Å². The minimum atomic E-state index is 0.533. The molecule has 0 aliphatic heterocycles. The second kappa shape index (κ2) is 7.30. The van der Waals surface area contributed by atoms with E-state index in [0.717, 1.165) is 55.4 Å². The molecule has 7 rings (SSSR count). The second-order valence-corrected chi connectivity index (χ2v) is 8.64. The molecule has 0 saturated carbocycles. The van der Waals surface area contributed by atoms with Crippen LogP contribution in [0, 0.1) is 0 Å². The molecule has 0 saturated heterocycles. The number of fused-ring (bicyclic) bond motifs is 6. The average molecular weight is 439 g/mol. The van der Waals surface area contributed by atoms with Crippen LogP contribution < -0.4 is 5.73 Å². The predicted octanol–water partition coefficient (Wildman–Crippen LogP) is 6.73. The molecule has 0 bridgehead atoms. The Bertz CT molecular complexity index is 1820. The smallest absolute Gasteiger partial charge is 0.146 e. The summed E-state index contributed by atoms with van der Waals surface area (Å²) in [7, 11) is 0. The maximum Gasteiger partial charge on any atom is 0.146 e. The summed E-state index contributed by atoms with van der Waals surface area (Å²) in [6, 6.07) is 38.3. The van der Waals surface area contributed by atoms with E-state index in [0.29, 0.717) is 6.54 Å². The van der Waals surface area contributed by atoms with Crippen LogP contribution in [-0.4, -0.2) is 14.1 Å². The minimum absolute atomic E-state index is 0.533. The highest BCUT2D eigenvalue weighted by atomic mass is 15.1. The molecule has 7 aromatic rings. The Morgan fingerprint density at radius 3 is 1.91 bits per heavy atom. The molecule has 162 valence electrons. The quantitative estimate of drug-likeness (QED) is 0.332. The van der Waals surface area contributed by atoms with E-state index in [9.17, 15) is 0 Å². The van der Waals surface area contributed by atoms with Gasteiger partial charge in [-0.1, -0.05) is 66.7 Å². The zero-order valence-corrected chi connectivity index (χ0v) is 18.5. The van der Waals surface area contributed by atoms with Crippen LogP contribution in [0.5, 0.6) is 0 Å². The van der Waals surface area contributed by atoms with E-state index < -0.39 is 0 Å². The van der Waals surface area contributed by atoms with Gasteiger partial charge in [-0.15, -0.1) is 0 Å². The second-order valence-electron chi connectivity index (χ2n) is 8.64. The standard InChI is InChI=1S/C30H22N4/c31-19-20-14-16-22(17-15-20)34-26-12-6-4-10-23(26)25-18-28-29(32-30(25)34)24-11-5-7-13-27(24)33(28)21-8-2-1-3-9-21/h1-18H,19,31H2. The van der Waals surface area contributed by atoms with Gasteiger partial charge in [-0.25, -0.2) is 4.98 Å². The number of benzene rings is 4. The third-order valence-electron chi connectivity index (χ3n) is 6.71. The first-order valence-electron chi connectivity index (χ1n) is 11.5. The number of aromatic nitrogens is 3. The minimum Gasteiger partial charge on any atom is -0.326 e. The van der Waals surface area contributed by atoms with Crippen LogP contribution in [0.15, 0.2) is 109 Å². The Hall–Kier alpha value is -4.41. The molecule has 0 spiro atoms. The molecule has 0 aliphatic rings. The van der Waals surface area contributed by atoms with Crippen LogP contribution in [0.25, 0.3) is 55.2 Å². The van der Waals surface area contributed by atoms with Crippen molar-refractivity contribution in [2.75, 3.05) is 0 Å². The van der Waals surface area contributed by atoms with E-state index in [1.807, 2.05) is 0 Å². The summed E-state index contributed by atoms with van der Waals surface area (Å²) in [6.45, 7) is 0.533. The fourth-order valence-electron chi connectivity index (χ4n) is 5.14. The lowest BCUT2D eigenvalue weighted by atomic mass is 10.2. The average Bonchev–Trinajstić information content (AvgIpc) is 3.40. The van der Waals surface area contributed by atoms with Crippen LogP contribution in [0.2, 0.25) is 0 Å². The van der Waals surface area contributed by atoms with Crippen LogP contribution in [0.1, 0.15) is 5.56 Å². The lowest BCUT2D eigenvalue weighted by molar-refractivity contribution is 1.06. The number of nitrogens with two attached hydrogens (primary N) is 1. The van der Waals surface area contributed by atoms with Crippen molar-refractivity contribution in [2.24, 2.45) is 5.73 Å². The summed E-state index contributed by atoms with van der Waals surface area (Å²) < 4.78 is 4.58. The van der Waals surface area contributed by atoms with Crippen LogP contribution in [-0.2, 0) is 6.54 Å². The first kappa shape index (κ1) is 19.1. The Morgan fingerprint density at radius 1 is 0.559 bits per heavy atom. The molecule has 0 amide bonds. The van der Waals surface area contributed by atoms with Gasteiger partial charge in [-0.3, -0.25) is 4.57 Å². The number of hydrogen-bond acceptors (Lipinski definition) is 2. The van der Waals surface area contributed by atoms with E-state index in [2.05, 4.69) is 118 Å². The van der Waals surface area contributed by atoms with Gasteiger partial charge in [0, 0.05) is 34.1 Å². The molecular formula is C30H22N4. The monoisotopic (exact) mass is 438 g/mol. The fourth-order valence-corrected chi connectivity index (χ4v) is 5.14. The maximum absolute atomic E-state index is 5.84. The lowest BCUT2D eigenvalue weighted by Gasteiger charge is -2.09. The van der Waals surface area contributed by atoms with Gasteiger partial charge in [-0.05, 0) is 48.0 Å². The lowest BCUT2D eigenvalue weighted by Crippen LogP contribution is -1.99. The van der Waals surface area contributed by atoms with Gasteiger partial charge in [0.15, 0.2) is 0 Å². The third kappa shape index (κ3) is 2.66. The van der Waals surface area contributed by atoms with Crippen molar-refractivity contribution < 1.29 is 0 Å². The Balaban J connectivity index is 1.65. The fraction of sp³-hybridized carbons (Fsp3) is 0.0333. The van der Waals surface area contributed by atoms with Crippen molar-refractivity contribution in [1.82, 2.24) is 14.1 Å². The van der Waals surface area contributed by atoms with Crippen molar-refractivity contribution in [3.05, 3.63) is 115 Å². The normalized spacial score (nSPS) is 11.8. The third-order valence-corrected chi connectivity index (χ3v) is 6.71. The maximum atomic E-state index is 5.84. The topological polar surface area (TPSA) is 48.8 Å². The first-order valence-corrected chi connectivity index (χ1v) is 11.5. The van der Waals surface area contributed by atoms with Gasteiger partial charge >= 0.3 is 0 Å². The molecule has 0 aliphatic carbocycles. The van der Waals surface area contributed by atoms with Gasteiger partial charge in [-0.2, -0.15) is 0 Å². The zero-order valence-electron chi connectivity index (χ0n) is 18.5. The summed E-state index contributed by atoms with van der Waals surface area (Å²) in [5.41, 5.74) is 14.6. The molecule has 0 unspecified atom stereocenters. The number of rotatable bonds is 3. The van der Waals surface area contributed by atoms with Gasteiger partial charge < -0.3 is 10.3 Å². The SMILES string of the molecule is NCc1ccc(-n2c3ccccc3c3cc4c(nc32)c2ccccc2n4-c2ccccc2)cc1. The number of hydrogen-bond donors (Lipinski definition) is 1. The van der Waals surface area contributed by atoms with Crippen molar-refractivity contribution in [3.63, 3.8) is 0 Å². The highest BCUT2D eigenvalue weighted by molar-refractivity contribution is 6.15. The molecule has 0 fully saturated rings. The summed E-state index contributed by atoms with van der Waals surface area (Å²) in [4.78, 5) is 5.33. The Labute approximate surface area is 196 Å². The molecule has 2 N–H and O–H groups in total. The van der Waals surface area contributed by atoms with Crippen LogP contribution in [0.3, 0.4) is 0 Å². The van der Waals surface area contributed by atoms with Gasteiger partial charge in [0.1, 0.15) is 5.65 Å². The molecule has 0 radical (unpaired) electrons. The number of nitrogens with zero attached hydrogens (tertiary/aromatic N) is 3. The highest BCUT2D eigenvalue weighted by Crippen LogP contribution is 2.37. The van der Waals surface area contributed by atoms with Crippen molar-refractivity contribution >= 4 is 43.9 Å². The Morgan fingerprint density at radius 2 is 1.18 bits per heavy atom. The predicted molar refractivity (Wildman–Crippen MR) is 141 cm³/mol. The summed E-state index contributed by atoms with van der Waals surface area (Å²) >= 11 is 0. The van der Waals surface area contributed by atoms with E-state index in [4.69, 9.17) is 10.7 Å². The molecule has 34 heavy (non-hydrogen) atoms. The van der Waals surface area contributed by atoms with Gasteiger partial charge in [0.25, 0.3) is 0 Å². The first-order chi connectivity index (χ1) is 16.8. The summed E-state index contributed by atoms with van der Waals surface area (Å²) in [5.74, 6) is 0. The molecular weight excluding hydrogens is 416 g/mol. The molecule has 4 aromatic carbocycles. The molecule has 4 nitrogen and oxygen atoms in total. The highest BCUT2D eigenvalue weighted by Gasteiger charge is 2.19. The number of para-hydroxylation sites is 3. The molecule has 0 atom stereocenters. The molecule has 3 heterocycles. The van der Waals surface area contributed by atoms with Crippen molar-refractivity contribution in [3.8, 4) is 11.4 Å². The zero-order chi connectivity index (χ0) is 22.6. The van der Waals surface area contributed by atoms with E-state index in [-0.39, 0.29) is 0 Å². The summed E-state index contributed by atoms with van der Waals surface area (Å²) in [5, 5.41) is 3.49. The van der Waals surface area contributed by atoms with E-state index >= 15 is 0 Å².